The molecule has 0 bridgehead atoms. The molecule has 0 aliphatic carbocycles. The van der Waals surface area contributed by atoms with Gasteiger partial charge in [0, 0.05) is 23.6 Å². The Morgan fingerprint density at radius 1 is 1.08 bits per heavy atom. The van der Waals surface area contributed by atoms with E-state index in [1.54, 1.807) is 6.07 Å². The minimum atomic E-state index is -0.339. The third kappa shape index (κ3) is 4.81. The van der Waals surface area contributed by atoms with Crippen molar-refractivity contribution in [1.82, 2.24) is 4.90 Å². The van der Waals surface area contributed by atoms with Gasteiger partial charge in [-0.1, -0.05) is 15.9 Å². The maximum absolute atomic E-state index is 13.5. The van der Waals surface area contributed by atoms with Crippen LogP contribution < -0.4 is 4.74 Å². The third-order valence-corrected chi connectivity index (χ3v) is 4.19. The second-order valence-electron chi connectivity index (χ2n) is 5.58. The molecule has 2 aromatic carbocycles. The van der Waals surface area contributed by atoms with E-state index in [1.807, 2.05) is 32.3 Å². The maximum atomic E-state index is 13.5. The van der Waals surface area contributed by atoms with Crippen LogP contribution in [0.1, 0.15) is 25.0 Å². The fourth-order valence-corrected chi connectivity index (χ4v) is 2.71. The van der Waals surface area contributed by atoms with Crippen LogP contribution in [0.3, 0.4) is 0 Å². The number of aryl methyl sites for hydroxylation is 2. The highest BCUT2D eigenvalue weighted by atomic mass is 79.9. The first-order valence-corrected chi connectivity index (χ1v) is 8.75. The highest BCUT2D eigenvalue weighted by molar-refractivity contribution is 9.10. The van der Waals surface area contributed by atoms with Gasteiger partial charge in [0.2, 0.25) is 0 Å². The van der Waals surface area contributed by atoms with E-state index in [1.165, 1.54) is 12.1 Å². The molecule has 0 N–H and O–H groups in total. The lowest BCUT2D eigenvalue weighted by molar-refractivity contribution is 0.472. The second kappa shape index (κ2) is 8.29. The zero-order valence-electron chi connectivity index (χ0n) is 14.4. The van der Waals surface area contributed by atoms with Gasteiger partial charge in [0.25, 0.3) is 0 Å². The lowest BCUT2D eigenvalue weighted by Crippen LogP contribution is -2.20. The Kier molecular flexibility index (Phi) is 6.37. The molecule has 0 heterocycles. The molecule has 2 aromatic rings. The number of ether oxygens (including phenoxy) is 1. The first-order chi connectivity index (χ1) is 11.4. The highest BCUT2D eigenvalue weighted by Crippen LogP contribution is 2.32. The molecule has 2 rings (SSSR count). The zero-order chi connectivity index (χ0) is 17.7. The van der Waals surface area contributed by atoms with Crippen molar-refractivity contribution >= 4 is 28.0 Å². The van der Waals surface area contributed by atoms with Crippen LogP contribution in [-0.4, -0.2) is 24.3 Å². The molecule has 0 aliphatic rings. The van der Waals surface area contributed by atoms with Crippen molar-refractivity contribution in [3.63, 3.8) is 0 Å². The molecule has 0 saturated carbocycles. The van der Waals surface area contributed by atoms with E-state index in [0.717, 1.165) is 29.9 Å². The van der Waals surface area contributed by atoms with E-state index in [4.69, 9.17) is 4.74 Å². The van der Waals surface area contributed by atoms with Crippen molar-refractivity contribution in [3.05, 3.63) is 51.7 Å². The van der Waals surface area contributed by atoms with E-state index in [-0.39, 0.29) is 5.82 Å². The van der Waals surface area contributed by atoms with Gasteiger partial charge in [0.15, 0.2) is 0 Å². The van der Waals surface area contributed by atoms with Crippen molar-refractivity contribution in [2.75, 3.05) is 13.1 Å². The maximum Gasteiger partial charge on any atom is 0.131 e. The summed E-state index contributed by atoms with van der Waals surface area (Å²) in [4.78, 5) is 6.69. The summed E-state index contributed by atoms with van der Waals surface area (Å²) in [6.07, 6.45) is 1.87. The molecule has 24 heavy (non-hydrogen) atoms. The van der Waals surface area contributed by atoms with E-state index in [2.05, 4.69) is 39.7 Å². The summed E-state index contributed by atoms with van der Waals surface area (Å²) in [5.74, 6) is 0.824. The fourth-order valence-electron chi connectivity index (χ4n) is 2.27. The summed E-state index contributed by atoms with van der Waals surface area (Å²) in [5, 5.41) is 0. The highest BCUT2D eigenvalue weighted by Gasteiger charge is 2.08. The minimum absolute atomic E-state index is 0.339. The van der Waals surface area contributed by atoms with E-state index >= 15 is 0 Å². The topological polar surface area (TPSA) is 24.8 Å². The average molecular weight is 393 g/mol. The molecular formula is C19H22BrFN2O. The molecule has 0 atom stereocenters. The zero-order valence-corrected chi connectivity index (χ0v) is 16.0. The first kappa shape index (κ1) is 18.5. The number of rotatable bonds is 6. The Hall–Kier alpha value is -1.88. The summed E-state index contributed by atoms with van der Waals surface area (Å²) < 4.78 is 20.0. The van der Waals surface area contributed by atoms with Crippen LogP contribution >= 0.6 is 15.9 Å². The van der Waals surface area contributed by atoms with Crippen LogP contribution in [-0.2, 0) is 0 Å². The molecule has 0 unspecified atom stereocenters. The summed E-state index contributed by atoms with van der Waals surface area (Å²) in [5.41, 5.74) is 2.87. The molecular weight excluding hydrogens is 371 g/mol. The van der Waals surface area contributed by atoms with Crippen LogP contribution in [0.25, 0.3) is 0 Å². The minimum Gasteiger partial charge on any atom is -0.457 e. The lowest BCUT2D eigenvalue weighted by Gasteiger charge is -2.15. The normalized spacial score (nSPS) is 11.1. The van der Waals surface area contributed by atoms with Crippen molar-refractivity contribution in [2.45, 2.75) is 27.7 Å². The van der Waals surface area contributed by atoms with Crippen LogP contribution in [0.15, 0.2) is 39.8 Å². The van der Waals surface area contributed by atoms with Crippen molar-refractivity contribution < 1.29 is 9.13 Å². The number of nitrogens with zero attached hydrogens (tertiary/aromatic N) is 2. The van der Waals surface area contributed by atoms with Gasteiger partial charge in [-0.05, 0) is 63.1 Å². The van der Waals surface area contributed by atoms with Crippen molar-refractivity contribution in [2.24, 2.45) is 4.99 Å². The predicted molar refractivity (Wildman–Crippen MR) is 101 cm³/mol. The fraction of sp³-hybridized carbons (Fsp3) is 0.316. The monoisotopic (exact) mass is 392 g/mol. The third-order valence-electron chi connectivity index (χ3n) is 3.73. The van der Waals surface area contributed by atoms with Gasteiger partial charge in [-0.2, -0.15) is 0 Å². The molecule has 0 aliphatic heterocycles. The van der Waals surface area contributed by atoms with Crippen LogP contribution in [0.4, 0.5) is 10.1 Å². The molecule has 0 fully saturated rings. The van der Waals surface area contributed by atoms with Gasteiger partial charge in [-0.15, -0.1) is 0 Å². The molecule has 0 spiro atoms. The molecule has 0 saturated heterocycles. The molecule has 5 heteroatoms. The standard InChI is InChI=1S/C19H22BrFN2O/c1-5-23(6-2)12-22-18-7-14(4)19(8-13(18)3)24-17-10-15(20)9-16(21)11-17/h7-12H,5-6H2,1-4H3. The van der Waals surface area contributed by atoms with Crippen LogP contribution in [0, 0.1) is 19.7 Å². The van der Waals surface area contributed by atoms with Crippen molar-refractivity contribution in [1.29, 1.82) is 0 Å². The van der Waals surface area contributed by atoms with E-state index in [9.17, 15) is 4.39 Å². The Morgan fingerprint density at radius 3 is 2.42 bits per heavy atom. The molecule has 0 aromatic heterocycles. The van der Waals surface area contributed by atoms with Crippen LogP contribution in [0.2, 0.25) is 0 Å². The van der Waals surface area contributed by atoms with E-state index in [0.29, 0.717) is 16.0 Å². The number of hydrogen-bond donors (Lipinski definition) is 0. The van der Waals surface area contributed by atoms with Gasteiger partial charge in [0.1, 0.15) is 17.3 Å². The number of aliphatic imine (C=N–C) groups is 1. The molecule has 0 amide bonds. The summed E-state index contributed by atoms with van der Waals surface area (Å²) in [6, 6.07) is 8.42. The second-order valence-corrected chi connectivity index (χ2v) is 6.49. The number of benzene rings is 2. The number of hydrogen-bond acceptors (Lipinski definition) is 2. The Labute approximate surface area is 151 Å². The molecule has 128 valence electrons. The average Bonchev–Trinajstić information content (AvgIpc) is 2.51. The SMILES string of the molecule is CCN(C=Nc1cc(C)c(Oc2cc(F)cc(Br)c2)cc1C)CC. The summed E-state index contributed by atoms with van der Waals surface area (Å²) >= 11 is 3.27. The lowest BCUT2D eigenvalue weighted by atomic mass is 10.1. The molecule has 0 radical (unpaired) electrons. The van der Waals surface area contributed by atoms with Crippen molar-refractivity contribution in [3.8, 4) is 11.5 Å². The van der Waals surface area contributed by atoms with Gasteiger partial charge < -0.3 is 9.64 Å². The van der Waals surface area contributed by atoms with Gasteiger partial charge in [-0.25, -0.2) is 9.38 Å². The Morgan fingerprint density at radius 2 is 1.79 bits per heavy atom. The van der Waals surface area contributed by atoms with E-state index < -0.39 is 0 Å². The molecule has 3 nitrogen and oxygen atoms in total. The Bertz CT molecular complexity index is 722. The first-order valence-electron chi connectivity index (χ1n) is 7.96. The number of halogens is 2. The quantitative estimate of drug-likeness (QED) is 0.444. The Balaban J connectivity index is 2.26. The summed E-state index contributed by atoms with van der Waals surface area (Å²) in [6.45, 7) is 9.99. The predicted octanol–water partition coefficient (Wildman–Crippen LogP) is 6.00. The van der Waals surface area contributed by atoms with Gasteiger partial charge in [0.05, 0.1) is 12.0 Å². The van der Waals surface area contributed by atoms with Gasteiger partial charge in [-0.3, -0.25) is 0 Å². The smallest absolute Gasteiger partial charge is 0.131 e. The summed E-state index contributed by atoms with van der Waals surface area (Å²) in [7, 11) is 0. The van der Waals surface area contributed by atoms with Crippen LogP contribution in [0.5, 0.6) is 11.5 Å². The van der Waals surface area contributed by atoms with Gasteiger partial charge >= 0.3 is 0 Å². The largest absolute Gasteiger partial charge is 0.457 e.